The summed E-state index contributed by atoms with van der Waals surface area (Å²) >= 11 is 0. The molecule has 0 amide bonds. The fourth-order valence-electron chi connectivity index (χ4n) is 3.01. The zero-order valence-electron chi connectivity index (χ0n) is 14.5. The minimum atomic E-state index is -4.35. The summed E-state index contributed by atoms with van der Waals surface area (Å²) < 4.78 is 44.6. The van der Waals surface area contributed by atoms with Gasteiger partial charge in [0.25, 0.3) is 0 Å². The molecule has 1 aromatic rings. The number of nitrogens with one attached hydrogen (secondary N) is 1. The van der Waals surface area contributed by atoms with Crippen molar-refractivity contribution >= 4 is 5.96 Å². The Morgan fingerprint density at radius 1 is 1.32 bits per heavy atom. The van der Waals surface area contributed by atoms with Gasteiger partial charge in [-0.3, -0.25) is 4.99 Å². The molecule has 4 nitrogen and oxygen atoms in total. The van der Waals surface area contributed by atoms with E-state index in [1.807, 2.05) is 0 Å². The van der Waals surface area contributed by atoms with Crippen molar-refractivity contribution in [3.63, 3.8) is 0 Å². The molecule has 0 bridgehead atoms. The number of nitrogens with two attached hydrogens (primary N) is 1. The summed E-state index contributed by atoms with van der Waals surface area (Å²) in [6.45, 7) is 4.19. The third-order valence-corrected chi connectivity index (χ3v) is 4.64. The Balaban J connectivity index is 2.22. The van der Waals surface area contributed by atoms with Crippen molar-refractivity contribution < 1.29 is 17.9 Å². The lowest BCUT2D eigenvalue weighted by atomic mass is 9.74. The van der Waals surface area contributed by atoms with Gasteiger partial charge in [-0.25, -0.2) is 0 Å². The van der Waals surface area contributed by atoms with E-state index in [2.05, 4.69) is 17.2 Å². The van der Waals surface area contributed by atoms with Gasteiger partial charge in [-0.05, 0) is 30.9 Å². The molecule has 0 saturated carbocycles. The first-order chi connectivity index (χ1) is 11.9. The molecule has 140 valence electrons. The SMILES string of the molecule is CCCCNC(N)=NCC1(c2cccc(C(F)(F)F)c2)CCOCC1. The van der Waals surface area contributed by atoms with Crippen LogP contribution in [0.3, 0.4) is 0 Å². The second-order valence-electron chi connectivity index (χ2n) is 6.45. The van der Waals surface area contributed by atoms with Crippen LogP contribution in [0.2, 0.25) is 0 Å². The van der Waals surface area contributed by atoms with Crippen LogP contribution in [0, 0.1) is 0 Å². The normalized spacial score (nSPS) is 18.2. The highest BCUT2D eigenvalue weighted by molar-refractivity contribution is 5.77. The lowest BCUT2D eigenvalue weighted by Crippen LogP contribution is -2.39. The predicted octanol–water partition coefficient (Wildman–Crippen LogP) is 3.46. The molecule has 3 N–H and O–H groups in total. The topological polar surface area (TPSA) is 59.6 Å². The van der Waals surface area contributed by atoms with E-state index >= 15 is 0 Å². The van der Waals surface area contributed by atoms with Crippen LogP contribution in [0.1, 0.15) is 43.7 Å². The molecular weight excluding hydrogens is 331 g/mol. The molecule has 0 aliphatic carbocycles. The lowest BCUT2D eigenvalue weighted by Gasteiger charge is -2.37. The fraction of sp³-hybridized carbons (Fsp3) is 0.611. The lowest BCUT2D eigenvalue weighted by molar-refractivity contribution is -0.137. The van der Waals surface area contributed by atoms with Gasteiger partial charge >= 0.3 is 6.18 Å². The standard InChI is InChI=1S/C18H26F3N3O/c1-2-3-9-23-16(22)24-13-17(7-10-25-11-8-17)14-5-4-6-15(12-14)18(19,20)21/h4-6,12H,2-3,7-11,13H2,1H3,(H3,22,23,24). The van der Waals surface area contributed by atoms with Gasteiger partial charge in [0.2, 0.25) is 0 Å². The number of hydrogen-bond acceptors (Lipinski definition) is 2. The molecule has 0 unspecified atom stereocenters. The first kappa shape index (κ1) is 19.6. The van der Waals surface area contributed by atoms with Gasteiger partial charge in [0.15, 0.2) is 5.96 Å². The Kier molecular flexibility index (Phi) is 6.70. The molecule has 1 heterocycles. The number of hydrogen-bond donors (Lipinski definition) is 2. The molecule has 1 fully saturated rings. The maximum absolute atomic E-state index is 13.1. The minimum absolute atomic E-state index is 0.339. The average Bonchev–Trinajstić information content (AvgIpc) is 2.60. The molecule has 7 heteroatoms. The van der Waals surface area contributed by atoms with Crippen molar-refractivity contribution in [1.82, 2.24) is 5.32 Å². The third kappa shape index (κ3) is 5.36. The molecule has 1 aliphatic heterocycles. The number of benzene rings is 1. The Morgan fingerprint density at radius 3 is 2.68 bits per heavy atom. The Hall–Kier alpha value is -1.76. The molecule has 0 spiro atoms. The Morgan fingerprint density at radius 2 is 2.04 bits per heavy atom. The van der Waals surface area contributed by atoms with E-state index in [1.54, 1.807) is 6.07 Å². The highest BCUT2D eigenvalue weighted by Gasteiger charge is 2.37. The predicted molar refractivity (Wildman–Crippen MR) is 92.6 cm³/mol. The molecule has 0 atom stereocenters. The summed E-state index contributed by atoms with van der Waals surface area (Å²) in [7, 11) is 0. The van der Waals surface area contributed by atoms with Crippen LogP contribution in [-0.4, -0.2) is 32.3 Å². The summed E-state index contributed by atoms with van der Waals surface area (Å²) in [6, 6.07) is 5.54. The first-order valence-electron chi connectivity index (χ1n) is 8.67. The molecule has 1 aliphatic rings. The number of rotatable bonds is 6. The van der Waals surface area contributed by atoms with E-state index in [4.69, 9.17) is 10.5 Å². The van der Waals surface area contributed by atoms with Gasteiger partial charge in [0.1, 0.15) is 0 Å². The van der Waals surface area contributed by atoms with Crippen LogP contribution >= 0.6 is 0 Å². The summed E-state index contributed by atoms with van der Waals surface area (Å²) in [4.78, 5) is 4.41. The summed E-state index contributed by atoms with van der Waals surface area (Å²) in [6.07, 6.45) is -1.07. The van der Waals surface area contributed by atoms with E-state index in [-0.39, 0.29) is 0 Å². The van der Waals surface area contributed by atoms with Crippen molar-refractivity contribution in [3.8, 4) is 0 Å². The largest absolute Gasteiger partial charge is 0.416 e. The van der Waals surface area contributed by atoms with Gasteiger partial charge in [0, 0.05) is 25.2 Å². The van der Waals surface area contributed by atoms with Gasteiger partial charge in [0.05, 0.1) is 12.1 Å². The van der Waals surface area contributed by atoms with E-state index in [0.29, 0.717) is 44.1 Å². The zero-order chi connectivity index (χ0) is 18.3. The minimum Gasteiger partial charge on any atom is -0.381 e. The molecule has 2 rings (SSSR count). The third-order valence-electron chi connectivity index (χ3n) is 4.64. The van der Waals surface area contributed by atoms with Crippen LogP contribution in [0.5, 0.6) is 0 Å². The molecule has 0 aromatic heterocycles. The zero-order valence-corrected chi connectivity index (χ0v) is 14.5. The summed E-state index contributed by atoms with van der Waals surface area (Å²) in [5.74, 6) is 0.339. The van der Waals surface area contributed by atoms with Crippen molar-refractivity contribution in [2.75, 3.05) is 26.3 Å². The molecular formula is C18H26F3N3O. The second-order valence-corrected chi connectivity index (χ2v) is 6.45. The summed E-state index contributed by atoms with van der Waals surface area (Å²) in [5, 5.41) is 3.04. The van der Waals surface area contributed by atoms with Gasteiger partial charge in [-0.2, -0.15) is 13.2 Å². The maximum atomic E-state index is 13.1. The number of alkyl halides is 3. The van der Waals surface area contributed by atoms with Crippen molar-refractivity contribution in [3.05, 3.63) is 35.4 Å². The molecule has 0 radical (unpaired) electrons. The highest BCUT2D eigenvalue weighted by atomic mass is 19.4. The average molecular weight is 357 g/mol. The number of aliphatic imine (C=N–C) groups is 1. The van der Waals surface area contributed by atoms with Crippen LogP contribution in [0.15, 0.2) is 29.3 Å². The number of nitrogens with zero attached hydrogens (tertiary/aromatic N) is 1. The van der Waals surface area contributed by atoms with Crippen LogP contribution in [-0.2, 0) is 16.3 Å². The van der Waals surface area contributed by atoms with Crippen LogP contribution in [0.4, 0.5) is 13.2 Å². The van der Waals surface area contributed by atoms with E-state index < -0.39 is 17.2 Å². The quantitative estimate of drug-likeness (QED) is 0.466. The van der Waals surface area contributed by atoms with Crippen molar-refractivity contribution in [1.29, 1.82) is 0 Å². The van der Waals surface area contributed by atoms with E-state index in [9.17, 15) is 13.2 Å². The van der Waals surface area contributed by atoms with Gasteiger partial charge in [-0.15, -0.1) is 0 Å². The molecule has 25 heavy (non-hydrogen) atoms. The van der Waals surface area contributed by atoms with E-state index in [0.717, 1.165) is 25.5 Å². The molecule has 1 saturated heterocycles. The Labute approximate surface area is 146 Å². The van der Waals surface area contributed by atoms with E-state index in [1.165, 1.54) is 12.1 Å². The second kappa shape index (κ2) is 8.56. The Bertz CT molecular complexity index is 581. The van der Waals surface area contributed by atoms with Crippen molar-refractivity contribution in [2.24, 2.45) is 10.7 Å². The molecule has 1 aromatic carbocycles. The maximum Gasteiger partial charge on any atom is 0.416 e. The monoisotopic (exact) mass is 357 g/mol. The number of halogens is 3. The number of ether oxygens (including phenoxy) is 1. The smallest absolute Gasteiger partial charge is 0.381 e. The fourth-order valence-corrected chi connectivity index (χ4v) is 3.01. The number of unbranched alkanes of at least 4 members (excludes halogenated alkanes) is 1. The first-order valence-corrected chi connectivity index (χ1v) is 8.67. The number of guanidine groups is 1. The highest BCUT2D eigenvalue weighted by Crippen LogP contribution is 2.38. The summed E-state index contributed by atoms with van der Waals surface area (Å²) in [5.41, 5.74) is 5.44. The van der Waals surface area contributed by atoms with Crippen LogP contribution in [0.25, 0.3) is 0 Å². The van der Waals surface area contributed by atoms with Gasteiger partial charge in [-0.1, -0.05) is 31.5 Å². The van der Waals surface area contributed by atoms with Crippen LogP contribution < -0.4 is 11.1 Å². The van der Waals surface area contributed by atoms with Gasteiger partial charge < -0.3 is 15.8 Å². The van der Waals surface area contributed by atoms with Crippen molar-refractivity contribution in [2.45, 2.75) is 44.2 Å².